The SMILES string of the molecule is OCC1CCCN1[C@H]1CCC(c2ccc(C#Cc3ccc(-c4ccc(Cl)cc4)cn3)cc2)C1. The van der Waals surface area contributed by atoms with E-state index in [4.69, 9.17) is 11.6 Å². The fourth-order valence-corrected chi connectivity index (χ4v) is 5.48. The average Bonchev–Trinajstić information content (AvgIpc) is 3.53. The molecule has 2 fully saturated rings. The lowest BCUT2D eigenvalue weighted by Crippen LogP contribution is -2.39. The van der Waals surface area contributed by atoms with Crippen LogP contribution in [0.1, 0.15) is 54.8 Å². The Morgan fingerprint density at radius 1 is 0.909 bits per heavy atom. The quantitative estimate of drug-likeness (QED) is 0.497. The summed E-state index contributed by atoms with van der Waals surface area (Å²) in [6.07, 6.45) is 7.89. The van der Waals surface area contributed by atoms with Gasteiger partial charge in [-0.3, -0.25) is 4.90 Å². The third-order valence-electron chi connectivity index (χ3n) is 7.17. The van der Waals surface area contributed by atoms with Gasteiger partial charge in [-0.15, -0.1) is 0 Å². The second kappa shape index (κ2) is 10.1. The minimum Gasteiger partial charge on any atom is -0.395 e. The van der Waals surface area contributed by atoms with Crippen molar-refractivity contribution in [2.75, 3.05) is 13.2 Å². The van der Waals surface area contributed by atoms with Gasteiger partial charge in [0.1, 0.15) is 5.69 Å². The molecule has 0 spiro atoms. The number of benzene rings is 2. The Balaban J connectivity index is 1.21. The minimum absolute atomic E-state index is 0.299. The second-order valence-electron chi connectivity index (χ2n) is 9.19. The van der Waals surface area contributed by atoms with E-state index >= 15 is 0 Å². The zero-order valence-electron chi connectivity index (χ0n) is 18.8. The van der Waals surface area contributed by atoms with Gasteiger partial charge in [0.05, 0.1) is 6.61 Å². The number of nitrogens with zero attached hydrogens (tertiary/aromatic N) is 2. The highest BCUT2D eigenvalue weighted by Crippen LogP contribution is 2.39. The first-order valence-corrected chi connectivity index (χ1v) is 12.3. The molecule has 168 valence electrons. The van der Waals surface area contributed by atoms with Gasteiger partial charge < -0.3 is 5.11 Å². The molecule has 1 aliphatic carbocycles. The van der Waals surface area contributed by atoms with E-state index < -0.39 is 0 Å². The number of hydrogen-bond donors (Lipinski definition) is 1. The van der Waals surface area contributed by atoms with E-state index in [-0.39, 0.29) is 0 Å². The van der Waals surface area contributed by atoms with E-state index in [9.17, 15) is 5.11 Å². The van der Waals surface area contributed by atoms with Gasteiger partial charge in [-0.1, -0.05) is 47.9 Å². The second-order valence-corrected chi connectivity index (χ2v) is 9.63. The van der Waals surface area contributed by atoms with Gasteiger partial charge in [-0.05, 0) is 91.9 Å². The molecule has 2 aliphatic rings. The van der Waals surface area contributed by atoms with Crippen molar-refractivity contribution in [3.8, 4) is 23.0 Å². The van der Waals surface area contributed by atoms with Gasteiger partial charge in [0, 0.05) is 34.4 Å². The summed E-state index contributed by atoms with van der Waals surface area (Å²) in [5.74, 6) is 7.04. The predicted molar refractivity (Wildman–Crippen MR) is 134 cm³/mol. The summed E-state index contributed by atoms with van der Waals surface area (Å²) in [6.45, 7) is 1.44. The number of pyridine rings is 1. The number of halogens is 1. The molecule has 2 heterocycles. The topological polar surface area (TPSA) is 36.4 Å². The van der Waals surface area contributed by atoms with E-state index in [0.717, 1.165) is 40.4 Å². The first kappa shape index (κ1) is 22.2. The number of likely N-dealkylation sites (tertiary alicyclic amines) is 1. The monoisotopic (exact) mass is 456 g/mol. The molecular formula is C29H29ClN2O. The van der Waals surface area contributed by atoms with Crippen LogP contribution in [-0.4, -0.2) is 40.2 Å². The molecule has 1 saturated carbocycles. The lowest BCUT2D eigenvalue weighted by atomic mass is 9.96. The molecule has 2 unspecified atom stereocenters. The highest BCUT2D eigenvalue weighted by molar-refractivity contribution is 6.30. The standard InChI is InChI=1S/C29H29ClN2O/c30-26-12-8-23(9-13-26)25-10-15-27(31-19-25)14-5-21-3-6-22(7-4-21)24-11-16-28(18-24)32-17-1-2-29(32)20-33/h3-4,6-10,12-13,15,19,24,28-29,33H,1-2,11,16-18,20H2/t24?,28-,29?/m0/s1. The maximum Gasteiger partial charge on any atom is 0.113 e. The summed E-state index contributed by atoms with van der Waals surface area (Å²) < 4.78 is 0. The van der Waals surface area contributed by atoms with Gasteiger partial charge >= 0.3 is 0 Å². The van der Waals surface area contributed by atoms with Gasteiger partial charge in [-0.25, -0.2) is 4.98 Å². The average molecular weight is 457 g/mol. The van der Waals surface area contributed by atoms with Crippen LogP contribution in [0.15, 0.2) is 66.9 Å². The molecule has 0 radical (unpaired) electrons. The Morgan fingerprint density at radius 3 is 2.42 bits per heavy atom. The number of aliphatic hydroxyl groups excluding tert-OH is 1. The smallest absolute Gasteiger partial charge is 0.113 e. The van der Waals surface area contributed by atoms with Crippen molar-refractivity contribution >= 4 is 11.6 Å². The largest absolute Gasteiger partial charge is 0.395 e. The Kier molecular flexibility index (Phi) is 6.78. The van der Waals surface area contributed by atoms with Crippen LogP contribution < -0.4 is 0 Å². The Bertz CT molecular complexity index is 1130. The van der Waals surface area contributed by atoms with Crippen LogP contribution >= 0.6 is 11.6 Å². The van der Waals surface area contributed by atoms with Crippen molar-refractivity contribution in [2.24, 2.45) is 0 Å². The molecule has 1 aliphatic heterocycles. The fourth-order valence-electron chi connectivity index (χ4n) is 5.35. The van der Waals surface area contributed by atoms with Crippen LogP contribution in [0.25, 0.3) is 11.1 Å². The van der Waals surface area contributed by atoms with Crippen molar-refractivity contribution in [1.29, 1.82) is 0 Å². The first-order chi connectivity index (χ1) is 16.2. The zero-order valence-corrected chi connectivity index (χ0v) is 19.5. The van der Waals surface area contributed by atoms with Gasteiger partial charge in [0.2, 0.25) is 0 Å². The molecule has 33 heavy (non-hydrogen) atoms. The molecule has 3 atom stereocenters. The molecule has 0 amide bonds. The van der Waals surface area contributed by atoms with Crippen LogP contribution in [0.2, 0.25) is 5.02 Å². The maximum absolute atomic E-state index is 9.65. The normalized spacial score (nSPS) is 22.8. The van der Waals surface area contributed by atoms with Crippen molar-refractivity contribution in [3.63, 3.8) is 0 Å². The summed E-state index contributed by atoms with van der Waals surface area (Å²) >= 11 is 5.97. The van der Waals surface area contributed by atoms with E-state index in [1.165, 1.54) is 31.2 Å². The van der Waals surface area contributed by atoms with E-state index in [1.807, 2.05) is 42.6 Å². The zero-order chi connectivity index (χ0) is 22.6. The van der Waals surface area contributed by atoms with Crippen molar-refractivity contribution < 1.29 is 5.11 Å². The number of aromatic nitrogens is 1. The first-order valence-electron chi connectivity index (χ1n) is 11.9. The van der Waals surface area contributed by atoms with Crippen LogP contribution in [0.5, 0.6) is 0 Å². The third kappa shape index (κ3) is 5.14. The third-order valence-corrected chi connectivity index (χ3v) is 7.42. The highest BCUT2D eigenvalue weighted by Gasteiger charge is 2.35. The molecule has 4 heteroatoms. The van der Waals surface area contributed by atoms with Crippen molar-refractivity contribution in [3.05, 3.63) is 88.7 Å². The summed E-state index contributed by atoms with van der Waals surface area (Å²) in [7, 11) is 0. The molecular weight excluding hydrogens is 428 g/mol. The Hall–Kier alpha value is -2.64. The van der Waals surface area contributed by atoms with Crippen molar-refractivity contribution in [2.45, 2.75) is 50.1 Å². The summed E-state index contributed by atoms with van der Waals surface area (Å²) in [5, 5.41) is 10.4. The van der Waals surface area contributed by atoms with Crippen LogP contribution in [0, 0.1) is 11.8 Å². The van der Waals surface area contributed by atoms with Crippen LogP contribution in [-0.2, 0) is 0 Å². The Morgan fingerprint density at radius 2 is 1.70 bits per heavy atom. The maximum atomic E-state index is 9.65. The van der Waals surface area contributed by atoms with Crippen LogP contribution in [0.4, 0.5) is 0 Å². The summed E-state index contributed by atoms with van der Waals surface area (Å²) in [4.78, 5) is 7.06. The number of aliphatic hydroxyl groups is 1. The molecule has 5 rings (SSSR count). The number of hydrogen-bond acceptors (Lipinski definition) is 3. The molecule has 3 aromatic rings. The molecule has 1 N–H and O–H groups in total. The highest BCUT2D eigenvalue weighted by atomic mass is 35.5. The minimum atomic E-state index is 0.299. The molecule has 1 saturated heterocycles. The van der Waals surface area contributed by atoms with Gasteiger partial charge in [0.25, 0.3) is 0 Å². The van der Waals surface area contributed by atoms with E-state index in [2.05, 4.69) is 46.0 Å². The van der Waals surface area contributed by atoms with Crippen LogP contribution in [0.3, 0.4) is 0 Å². The predicted octanol–water partition coefficient (Wildman–Crippen LogP) is 5.89. The van der Waals surface area contributed by atoms with Crippen molar-refractivity contribution in [1.82, 2.24) is 9.88 Å². The molecule has 0 bridgehead atoms. The Labute approximate surface area is 201 Å². The molecule has 3 nitrogen and oxygen atoms in total. The summed E-state index contributed by atoms with van der Waals surface area (Å²) in [5.41, 5.74) is 5.33. The molecule has 2 aromatic carbocycles. The van der Waals surface area contributed by atoms with E-state index in [0.29, 0.717) is 24.6 Å². The fraction of sp³-hybridized carbons (Fsp3) is 0.345. The lowest BCUT2D eigenvalue weighted by Gasteiger charge is -2.29. The van der Waals surface area contributed by atoms with E-state index in [1.54, 1.807) is 0 Å². The lowest BCUT2D eigenvalue weighted by molar-refractivity contribution is 0.120. The molecule has 1 aromatic heterocycles. The summed E-state index contributed by atoms with van der Waals surface area (Å²) in [6, 6.07) is 21.5. The number of rotatable bonds is 4. The van der Waals surface area contributed by atoms with Gasteiger partial charge in [-0.2, -0.15) is 0 Å². The van der Waals surface area contributed by atoms with Gasteiger partial charge in [0.15, 0.2) is 0 Å².